The lowest BCUT2D eigenvalue weighted by atomic mass is 9.89. The van der Waals surface area contributed by atoms with E-state index in [-0.39, 0.29) is 24.4 Å². The first-order valence-electron chi connectivity index (χ1n) is 11.8. The fourth-order valence-corrected chi connectivity index (χ4v) is 5.45. The van der Waals surface area contributed by atoms with Gasteiger partial charge in [0.05, 0.1) is 36.7 Å². The minimum absolute atomic E-state index is 0.0906. The Kier molecular flexibility index (Phi) is 8.87. The molecule has 3 atom stereocenters. The van der Waals surface area contributed by atoms with Gasteiger partial charge in [0.15, 0.2) is 0 Å². The first kappa shape index (κ1) is 27.5. The van der Waals surface area contributed by atoms with E-state index in [0.29, 0.717) is 44.2 Å². The molecule has 0 spiro atoms. The molecule has 0 radical (unpaired) electrons. The predicted molar refractivity (Wildman–Crippen MR) is 126 cm³/mol. The van der Waals surface area contributed by atoms with Crippen LogP contribution in [0.25, 0.3) is 5.57 Å². The Morgan fingerprint density at radius 1 is 1.23 bits per heavy atom. The number of alkyl halides is 3. The number of nitrogens with one attached hydrogen (secondary N) is 1. The van der Waals surface area contributed by atoms with Crippen molar-refractivity contribution in [3.05, 3.63) is 41.5 Å². The molecule has 1 aromatic rings. The second-order valence-corrected chi connectivity index (χ2v) is 11.1. The van der Waals surface area contributed by atoms with E-state index in [1.165, 1.54) is 17.0 Å². The zero-order chi connectivity index (χ0) is 25.8. The van der Waals surface area contributed by atoms with Crippen LogP contribution in [0.2, 0.25) is 0 Å². The zero-order valence-electron chi connectivity index (χ0n) is 20.2. The van der Waals surface area contributed by atoms with E-state index in [1.807, 2.05) is 0 Å². The van der Waals surface area contributed by atoms with E-state index in [2.05, 4.69) is 4.72 Å². The quantitative estimate of drug-likeness (QED) is 0.571. The highest BCUT2D eigenvalue weighted by molar-refractivity contribution is 7.88. The molecule has 1 aliphatic heterocycles. The molecule has 1 heterocycles. The number of benzene rings is 1. The average molecular weight is 519 g/mol. The molecule has 1 aromatic carbocycles. The molecular weight excluding hydrogens is 485 g/mol. The number of hydrogen-bond donors (Lipinski definition) is 1. The molecule has 3 unspecified atom stereocenters. The summed E-state index contributed by atoms with van der Waals surface area (Å²) in [5.74, 6) is 0. The lowest BCUT2D eigenvalue weighted by Gasteiger charge is -2.41. The Labute approximate surface area is 204 Å². The maximum atomic E-state index is 13.4. The lowest BCUT2D eigenvalue weighted by molar-refractivity contribution is -0.137. The van der Waals surface area contributed by atoms with Gasteiger partial charge in [-0.05, 0) is 63.2 Å². The molecule has 0 aromatic heterocycles. The van der Waals surface area contributed by atoms with E-state index in [4.69, 9.17) is 9.47 Å². The number of amides is 1. The van der Waals surface area contributed by atoms with Gasteiger partial charge in [0, 0.05) is 12.6 Å². The van der Waals surface area contributed by atoms with Gasteiger partial charge in [-0.3, -0.25) is 0 Å². The van der Waals surface area contributed by atoms with Crippen molar-refractivity contribution in [2.75, 3.05) is 19.4 Å². The topological polar surface area (TPSA) is 84.9 Å². The first-order chi connectivity index (χ1) is 16.3. The van der Waals surface area contributed by atoms with Crippen molar-refractivity contribution >= 4 is 21.7 Å². The fourth-order valence-electron chi connectivity index (χ4n) is 4.62. The highest BCUT2D eigenvalue weighted by atomic mass is 32.2. The van der Waals surface area contributed by atoms with Crippen LogP contribution >= 0.6 is 0 Å². The molecule has 196 valence electrons. The van der Waals surface area contributed by atoms with Crippen molar-refractivity contribution in [3.63, 3.8) is 0 Å². The number of allylic oxidation sites excluding steroid dienone is 1. The Balaban J connectivity index is 1.70. The van der Waals surface area contributed by atoms with Crippen LogP contribution in [0.1, 0.15) is 57.1 Å². The average Bonchev–Trinajstić information content (AvgIpc) is 2.76. The summed E-state index contributed by atoms with van der Waals surface area (Å²) < 4.78 is 78.0. The van der Waals surface area contributed by atoms with Crippen LogP contribution in [0.4, 0.5) is 18.0 Å². The molecule has 1 saturated heterocycles. The number of sulfonamides is 1. The second-order valence-electron chi connectivity index (χ2n) is 9.33. The molecule has 0 bridgehead atoms. The number of piperidine rings is 1. The molecule has 7 nitrogen and oxygen atoms in total. The highest BCUT2D eigenvalue weighted by Crippen LogP contribution is 2.38. The molecule has 35 heavy (non-hydrogen) atoms. The fraction of sp³-hybridized carbons (Fsp3) is 0.625. The smallest absolute Gasteiger partial charge is 0.416 e. The molecule has 2 aliphatic rings. The third-order valence-corrected chi connectivity index (χ3v) is 6.89. The monoisotopic (exact) mass is 518 g/mol. The lowest BCUT2D eigenvalue weighted by Crippen LogP contribution is -2.59. The van der Waals surface area contributed by atoms with Gasteiger partial charge < -0.3 is 14.4 Å². The van der Waals surface area contributed by atoms with Gasteiger partial charge in [-0.25, -0.2) is 17.9 Å². The molecule has 1 aliphatic carbocycles. The largest absolute Gasteiger partial charge is 0.447 e. The highest BCUT2D eigenvalue weighted by Gasteiger charge is 2.38. The summed E-state index contributed by atoms with van der Waals surface area (Å²) >= 11 is 0. The number of rotatable bonds is 7. The summed E-state index contributed by atoms with van der Waals surface area (Å²) in [6.45, 7) is 3.99. The van der Waals surface area contributed by atoms with Crippen molar-refractivity contribution in [1.29, 1.82) is 0 Å². The van der Waals surface area contributed by atoms with E-state index in [9.17, 15) is 26.4 Å². The summed E-state index contributed by atoms with van der Waals surface area (Å²) in [5.41, 5.74) is 0.168. The van der Waals surface area contributed by atoms with E-state index < -0.39 is 39.9 Å². The van der Waals surface area contributed by atoms with Crippen molar-refractivity contribution in [2.45, 2.75) is 76.4 Å². The van der Waals surface area contributed by atoms with Gasteiger partial charge in [-0.15, -0.1) is 0 Å². The minimum Gasteiger partial charge on any atom is -0.447 e. The Hall–Kier alpha value is -2.11. The van der Waals surface area contributed by atoms with Crippen LogP contribution < -0.4 is 4.72 Å². The van der Waals surface area contributed by atoms with E-state index >= 15 is 0 Å². The van der Waals surface area contributed by atoms with Gasteiger partial charge in [0.25, 0.3) is 0 Å². The molecule has 1 amide bonds. The van der Waals surface area contributed by atoms with Crippen LogP contribution in [0, 0.1) is 0 Å². The van der Waals surface area contributed by atoms with Gasteiger partial charge in [0.1, 0.15) is 0 Å². The number of halogens is 3. The van der Waals surface area contributed by atoms with Crippen LogP contribution in [0.5, 0.6) is 0 Å². The first-order valence-corrected chi connectivity index (χ1v) is 13.7. The van der Waals surface area contributed by atoms with Crippen molar-refractivity contribution in [3.8, 4) is 0 Å². The molecule has 0 saturated carbocycles. The van der Waals surface area contributed by atoms with Crippen molar-refractivity contribution < 1.29 is 35.9 Å². The molecular formula is C24H33F3N2O5S. The van der Waals surface area contributed by atoms with Gasteiger partial charge >= 0.3 is 12.3 Å². The molecule has 1 N–H and O–H groups in total. The Morgan fingerprint density at radius 2 is 1.94 bits per heavy atom. The van der Waals surface area contributed by atoms with E-state index in [0.717, 1.165) is 12.3 Å². The number of carbonyl (C=O) groups is 1. The van der Waals surface area contributed by atoms with Crippen LogP contribution in [-0.2, 0) is 25.7 Å². The number of nitrogens with zero attached hydrogens (tertiary/aromatic N) is 1. The Morgan fingerprint density at radius 3 is 2.54 bits per heavy atom. The second kappa shape index (κ2) is 11.3. The van der Waals surface area contributed by atoms with Crippen molar-refractivity contribution in [2.24, 2.45) is 0 Å². The standard InChI is InChI=1S/C24H33F3N2O5S/c1-16(2)34-23(30)29-14-6-9-21(28-35(3,31)32)22(29)15-33-18-12-10-17(11-13-18)19-7-4-5-8-20(19)24(25,26)27/h4-5,7-8,10,16,18,21-22,28H,6,9,11-15H2,1-3H3. The van der Waals surface area contributed by atoms with Gasteiger partial charge in [-0.2, -0.15) is 13.2 Å². The van der Waals surface area contributed by atoms with E-state index in [1.54, 1.807) is 26.0 Å². The number of likely N-dealkylation sites (tertiary alicyclic amines) is 1. The molecule has 1 fully saturated rings. The van der Waals surface area contributed by atoms with Gasteiger partial charge in [-0.1, -0.05) is 24.3 Å². The molecule has 11 heteroatoms. The number of ether oxygens (including phenoxy) is 2. The minimum atomic E-state index is -4.43. The normalized spacial score (nSPS) is 23.8. The third kappa shape index (κ3) is 7.68. The van der Waals surface area contributed by atoms with Crippen LogP contribution in [0.15, 0.2) is 30.3 Å². The third-order valence-electron chi connectivity index (χ3n) is 6.16. The van der Waals surface area contributed by atoms with Crippen molar-refractivity contribution in [1.82, 2.24) is 9.62 Å². The summed E-state index contributed by atoms with van der Waals surface area (Å²) in [5, 5.41) is 0. The number of carbonyl (C=O) groups excluding carboxylic acids is 1. The molecule has 3 rings (SSSR count). The maximum Gasteiger partial charge on any atom is 0.416 e. The van der Waals surface area contributed by atoms with Gasteiger partial charge in [0.2, 0.25) is 10.0 Å². The summed E-state index contributed by atoms with van der Waals surface area (Å²) in [6, 6.07) is 4.46. The zero-order valence-corrected chi connectivity index (χ0v) is 21.0. The summed E-state index contributed by atoms with van der Waals surface area (Å²) in [4.78, 5) is 14.2. The maximum absolute atomic E-state index is 13.4. The summed E-state index contributed by atoms with van der Waals surface area (Å²) in [7, 11) is -3.51. The number of hydrogen-bond acceptors (Lipinski definition) is 5. The Bertz CT molecular complexity index is 1030. The SMILES string of the molecule is CC(C)OC(=O)N1CCCC(NS(C)(=O)=O)C1COC1CC=C(c2ccccc2C(F)(F)F)CC1. The predicted octanol–water partition coefficient (Wildman–Crippen LogP) is 4.59. The van der Waals surface area contributed by atoms with Crippen LogP contribution in [0.3, 0.4) is 0 Å². The summed E-state index contributed by atoms with van der Waals surface area (Å²) in [6.07, 6.45) is -0.147. The van der Waals surface area contributed by atoms with Crippen LogP contribution in [-0.4, -0.2) is 63.1 Å².